The van der Waals surface area contributed by atoms with Crippen molar-refractivity contribution in [1.29, 1.82) is 0 Å². The standard InChI is InChI=1S/C60H51F2N5.Pt/c1-57(2,3)39-27-32-48-44(35-39)53-47(58(4,5)6)31-28-43(55(53)64-48)56-65-54-42(22-17-23-49(54)66(56)41-20-13-10-14-21-41)37-25-29-45-50(34-37)67(52-24-15-16-33-63-52)51-36-40(26-30-46(51)59(45,7)8)60(61,62)38-18-11-9-12-19-38;/h9-33,35-36H,1-8H3;/q-2;+2. The molecule has 4 heterocycles. The summed E-state index contributed by atoms with van der Waals surface area (Å²) in [6.07, 6.45) is 1.73. The van der Waals surface area contributed by atoms with E-state index < -0.39 is 11.3 Å². The van der Waals surface area contributed by atoms with Crippen molar-refractivity contribution in [1.82, 2.24) is 19.5 Å². The quantitative estimate of drug-likeness (QED) is 0.156. The summed E-state index contributed by atoms with van der Waals surface area (Å²) in [6, 6.07) is 54.7. The SMILES string of the molecule is CC(C)(C)c1ccc2[n-]c3c(-c4nc5c(-c6[c-]c7c(cc6)C(C)(C)c6ccc(C(F)(F)c8ccccc8)cc6N7c6ccccn6)cccc5n4-c4ccccc4)ccc(C(C)(C)C)c3c2c1.[Pt+2]. The number of aromatic nitrogens is 4. The fourth-order valence-electron chi connectivity index (χ4n) is 10.1. The number of halogens is 2. The molecule has 1 aliphatic heterocycles. The van der Waals surface area contributed by atoms with Crippen molar-refractivity contribution in [3.63, 3.8) is 0 Å². The van der Waals surface area contributed by atoms with Gasteiger partial charge >= 0.3 is 21.1 Å². The minimum atomic E-state index is -3.23. The zero-order valence-corrected chi connectivity index (χ0v) is 41.7. The third-order valence-electron chi connectivity index (χ3n) is 13.7. The Morgan fingerprint density at radius 1 is 0.632 bits per heavy atom. The maximum absolute atomic E-state index is 16.4. The second-order valence-corrected chi connectivity index (χ2v) is 20.5. The molecule has 68 heavy (non-hydrogen) atoms. The van der Waals surface area contributed by atoms with Crippen molar-refractivity contribution in [3.05, 3.63) is 203 Å². The summed E-state index contributed by atoms with van der Waals surface area (Å²) in [4.78, 5) is 17.8. The van der Waals surface area contributed by atoms with Crippen molar-refractivity contribution in [2.24, 2.45) is 0 Å². The minimum Gasteiger partial charge on any atom is -0.656 e. The van der Waals surface area contributed by atoms with Crippen molar-refractivity contribution in [2.75, 3.05) is 4.90 Å². The van der Waals surface area contributed by atoms with Crippen molar-refractivity contribution in [2.45, 2.75) is 77.6 Å². The Bertz CT molecular complexity index is 3540. The summed E-state index contributed by atoms with van der Waals surface area (Å²) >= 11 is 0. The third-order valence-corrected chi connectivity index (χ3v) is 13.7. The monoisotopic (exact) mass is 1070 g/mol. The van der Waals surface area contributed by atoms with E-state index in [1.807, 2.05) is 35.2 Å². The van der Waals surface area contributed by atoms with Gasteiger partial charge in [-0.2, -0.15) is 8.78 Å². The van der Waals surface area contributed by atoms with E-state index in [-0.39, 0.29) is 43.0 Å². The van der Waals surface area contributed by atoms with E-state index >= 15 is 8.78 Å². The average molecular weight is 1080 g/mol. The topological polar surface area (TPSA) is 48.1 Å². The summed E-state index contributed by atoms with van der Waals surface area (Å²) in [5.41, 5.74) is 12.2. The predicted octanol–water partition coefficient (Wildman–Crippen LogP) is 15.7. The molecule has 0 atom stereocenters. The van der Waals surface area contributed by atoms with Gasteiger partial charge in [-0.1, -0.05) is 176 Å². The molecule has 10 aromatic rings. The fourth-order valence-corrected chi connectivity index (χ4v) is 10.1. The number of alkyl halides is 2. The second kappa shape index (κ2) is 16.2. The predicted molar refractivity (Wildman–Crippen MR) is 271 cm³/mol. The van der Waals surface area contributed by atoms with Crippen LogP contribution in [0, 0.1) is 6.07 Å². The smallest absolute Gasteiger partial charge is 0.656 e. The van der Waals surface area contributed by atoms with E-state index in [4.69, 9.17) is 15.0 Å². The molecule has 5 nitrogen and oxygen atoms in total. The van der Waals surface area contributed by atoms with Crippen molar-refractivity contribution >= 4 is 50.0 Å². The van der Waals surface area contributed by atoms with Crippen LogP contribution in [0.5, 0.6) is 0 Å². The van der Waals surface area contributed by atoms with E-state index in [1.54, 1.807) is 36.5 Å². The van der Waals surface area contributed by atoms with Gasteiger partial charge in [-0.15, -0.1) is 34.8 Å². The molecule has 0 saturated heterocycles. The molecular weight excluding hydrogens is 1020 g/mol. The molecule has 0 saturated carbocycles. The molecule has 0 bridgehead atoms. The number of fused-ring (bicyclic) bond motifs is 6. The van der Waals surface area contributed by atoms with Gasteiger partial charge in [-0.05, 0) is 85.8 Å². The molecular formula is C60H51F2N5Pt. The van der Waals surface area contributed by atoms with Crippen LogP contribution in [-0.4, -0.2) is 14.5 Å². The number of para-hydroxylation sites is 2. The number of rotatable bonds is 6. The van der Waals surface area contributed by atoms with E-state index in [0.29, 0.717) is 11.5 Å². The van der Waals surface area contributed by atoms with E-state index in [0.717, 1.165) is 77.9 Å². The normalized spacial score (nSPS) is 13.7. The number of hydrogen-bond donors (Lipinski definition) is 0. The molecule has 3 aromatic heterocycles. The van der Waals surface area contributed by atoms with Crippen LogP contribution in [0.1, 0.15) is 88.8 Å². The number of imidazole rings is 1. The van der Waals surface area contributed by atoms with Crippen LogP contribution in [0.25, 0.3) is 61.0 Å². The van der Waals surface area contributed by atoms with Gasteiger partial charge in [0, 0.05) is 34.3 Å². The summed E-state index contributed by atoms with van der Waals surface area (Å²) < 4.78 is 35.1. The Morgan fingerprint density at radius 3 is 2.04 bits per heavy atom. The van der Waals surface area contributed by atoms with Crippen molar-refractivity contribution in [3.8, 4) is 28.2 Å². The molecule has 0 amide bonds. The van der Waals surface area contributed by atoms with Gasteiger partial charge in [0.25, 0.3) is 5.92 Å². The van der Waals surface area contributed by atoms with Gasteiger partial charge in [-0.3, -0.25) is 4.57 Å². The largest absolute Gasteiger partial charge is 2.00 e. The first kappa shape index (κ1) is 45.1. The van der Waals surface area contributed by atoms with Gasteiger partial charge in [-0.25, -0.2) is 9.97 Å². The molecule has 0 fully saturated rings. The molecule has 8 heteroatoms. The Balaban J connectivity index is 0.00000539. The summed E-state index contributed by atoms with van der Waals surface area (Å²) in [5.74, 6) is -1.84. The zero-order valence-electron chi connectivity index (χ0n) is 39.4. The Kier molecular flexibility index (Phi) is 10.8. The van der Waals surface area contributed by atoms with Crippen LogP contribution in [0.2, 0.25) is 0 Å². The van der Waals surface area contributed by atoms with Crippen molar-refractivity contribution < 1.29 is 29.8 Å². The van der Waals surface area contributed by atoms with Crippen LogP contribution in [-0.2, 0) is 43.2 Å². The average Bonchev–Trinajstić information content (AvgIpc) is 3.90. The first-order chi connectivity index (χ1) is 32.0. The van der Waals surface area contributed by atoms with Gasteiger partial charge in [0.1, 0.15) is 11.6 Å². The summed E-state index contributed by atoms with van der Waals surface area (Å²) in [5, 5.41) is 2.31. The van der Waals surface area contributed by atoms with Crippen LogP contribution in [0.4, 0.5) is 26.0 Å². The van der Waals surface area contributed by atoms with Gasteiger partial charge < -0.3 is 9.88 Å². The molecule has 0 N–H and O–H groups in total. The molecule has 0 aliphatic carbocycles. The third kappa shape index (κ3) is 7.20. The molecule has 1 aliphatic rings. The van der Waals surface area contributed by atoms with Crippen LogP contribution in [0.3, 0.4) is 0 Å². The van der Waals surface area contributed by atoms with Crippen LogP contribution < -0.4 is 9.88 Å². The molecule has 11 rings (SSSR count). The molecule has 340 valence electrons. The van der Waals surface area contributed by atoms with Gasteiger partial charge in [0.15, 0.2) is 0 Å². The zero-order chi connectivity index (χ0) is 46.6. The maximum atomic E-state index is 16.4. The summed E-state index contributed by atoms with van der Waals surface area (Å²) in [6.45, 7) is 17.8. The van der Waals surface area contributed by atoms with Gasteiger partial charge in [0.05, 0.1) is 11.0 Å². The molecule has 0 unspecified atom stereocenters. The van der Waals surface area contributed by atoms with Crippen LogP contribution in [0.15, 0.2) is 164 Å². The van der Waals surface area contributed by atoms with E-state index in [9.17, 15) is 0 Å². The molecule has 0 radical (unpaired) electrons. The molecule has 7 aromatic carbocycles. The number of pyridine rings is 1. The van der Waals surface area contributed by atoms with Crippen LogP contribution >= 0.6 is 0 Å². The van der Waals surface area contributed by atoms with Gasteiger partial charge in [0.2, 0.25) is 0 Å². The second-order valence-electron chi connectivity index (χ2n) is 20.5. The summed E-state index contributed by atoms with van der Waals surface area (Å²) in [7, 11) is 0. The number of anilines is 3. The molecule has 0 spiro atoms. The first-order valence-corrected chi connectivity index (χ1v) is 23.0. The Labute approximate surface area is 411 Å². The minimum absolute atomic E-state index is 0. The number of benzene rings is 7. The number of hydrogen-bond acceptors (Lipinski definition) is 3. The fraction of sp³-hybridized carbons (Fsp3) is 0.200. The maximum Gasteiger partial charge on any atom is 2.00 e. The first-order valence-electron chi connectivity index (χ1n) is 23.0. The Morgan fingerprint density at radius 2 is 1.34 bits per heavy atom. The Hall–Kier alpha value is -6.69. The number of nitrogens with zero attached hydrogens (tertiary/aromatic N) is 5. The van der Waals surface area contributed by atoms with E-state index in [2.05, 4.69) is 151 Å². The van der Waals surface area contributed by atoms with E-state index in [1.165, 1.54) is 23.3 Å².